The van der Waals surface area contributed by atoms with Crippen molar-refractivity contribution in [1.29, 1.82) is 0 Å². The highest BCUT2D eigenvalue weighted by molar-refractivity contribution is 5.82. The summed E-state index contributed by atoms with van der Waals surface area (Å²) in [6, 6.07) is 0. The molecule has 0 unspecified atom stereocenters. The van der Waals surface area contributed by atoms with Gasteiger partial charge in [0.1, 0.15) is 0 Å². The zero-order valence-electron chi connectivity index (χ0n) is 10.6. The summed E-state index contributed by atoms with van der Waals surface area (Å²) >= 11 is 0. The summed E-state index contributed by atoms with van der Waals surface area (Å²) in [6.07, 6.45) is 4.63. The quantitative estimate of drug-likeness (QED) is 0.787. The second-order valence-electron chi connectivity index (χ2n) is 5.60. The Labute approximate surface area is 98.6 Å². The van der Waals surface area contributed by atoms with E-state index >= 15 is 0 Å². The van der Waals surface area contributed by atoms with E-state index in [-0.39, 0.29) is 5.41 Å². The molecule has 1 saturated carbocycles. The van der Waals surface area contributed by atoms with Crippen LogP contribution in [0.4, 0.5) is 0 Å². The average Bonchev–Trinajstić information content (AvgIpc) is 3.10. The number of nitrogens with zero attached hydrogens (tertiary/aromatic N) is 1. The molecule has 2 fully saturated rings. The first-order valence-corrected chi connectivity index (χ1v) is 6.66. The Bertz CT molecular complexity index is 255. The van der Waals surface area contributed by atoms with Gasteiger partial charge in [0.25, 0.3) is 0 Å². The van der Waals surface area contributed by atoms with Crippen LogP contribution >= 0.6 is 0 Å². The number of nitrogens with one attached hydrogen (secondary N) is 1. The molecular weight excluding hydrogens is 200 g/mol. The van der Waals surface area contributed by atoms with Gasteiger partial charge in [0.05, 0.1) is 0 Å². The first-order valence-electron chi connectivity index (χ1n) is 6.66. The van der Waals surface area contributed by atoms with Crippen LogP contribution in [0.25, 0.3) is 0 Å². The highest BCUT2D eigenvalue weighted by Gasteiger charge is 2.38. The van der Waals surface area contributed by atoms with Crippen molar-refractivity contribution in [3.63, 3.8) is 0 Å². The van der Waals surface area contributed by atoms with Crippen LogP contribution in [0.15, 0.2) is 0 Å². The molecule has 0 aromatic carbocycles. The van der Waals surface area contributed by atoms with Gasteiger partial charge in [-0.1, -0.05) is 6.92 Å². The molecule has 0 aromatic rings. The van der Waals surface area contributed by atoms with E-state index in [1.54, 1.807) is 0 Å². The smallest absolute Gasteiger partial charge is 0.228 e. The minimum atomic E-state index is -0.101. The summed E-state index contributed by atoms with van der Waals surface area (Å²) in [7, 11) is 0. The molecule has 2 rings (SSSR count). The van der Waals surface area contributed by atoms with E-state index in [2.05, 4.69) is 24.1 Å². The standard InChI is InChI=1S/C13H24N2O/c1-3-15(10-11-4-5-11)12(16)13(2)6-8-14-9-7-13/h11,14H,3-10H2,1-2H3. The third-order valence-electron chi connectivity index (χ3n) is 4.07. The fourth-order valence-electron chi connectivity index (χ4n) is 2.54. The van der Waals surface area contributed by atoms with Crippen molar-refractivity contribution in [2.24, 2.45) is 11.3 Å². The van der Waals surface area contributed by atoms with E-state index in [4.69, 9.17) is 0 Å². The number of hydrogen-bond acceptors (Lipinski definition) is 2. The SMILES string of the molecule is CCN(CC1CC1)C(=O)C1(C)CCNCC1. The molecule has 2 aliphatic rings. The van der Waals surface area contributed by atoms with E-state index in [0.717, 1.165) is 44.9 Å². The van der Waals surface area contributed by atoms with Crippen molar-refractivity contribution in [2.45, 2.75) is 39.5 Å². The molecule has 1 N–H and O–H groups in total. The van der Waals surface area contributed by atoms with Crippen molar-refractivity contribution in [1.82, 2.24) is 10.2 Å². The van der Waals surface area contributed by atoms with Crippen LogP contribution in [-0.4, -0.2) is 37.0 Å². The van der Waals surface area contributed by atoms with E-state index in [0.29, 0.717) is 5.91 Å². The third-order valence-corrected chi connectivity index (χ3v) is 4.07. The Balaban J connectivity index is 1.96. The Morgan fingerprint density at radius 2 is 2.00 bits per heavy atom. The van der Waals surface area contributed by atoms with Crippen molar-refractivity contribution < 1.29 is 4.79 Å². The summed E-state index contributed by atoms with van der Waals surface area (Å²) in [5.41, 5.74) is -0.101. The van der Waals surface area contributed by atoms with Gasteiger partial charge in [-0.2, -0.15) is 0 Å². The van der Waals surface area contributed by atoms with E-state index < -0.39 is 0 Å². The van der Waals surface area contributed by atoms with Gasteiger partial charge in [-0.05, 0) is 51.6 Å². The third kappa shape index (κ3) is 2.57. The molecule has 0 aromatic heterocycles. The monoisotopic (exact) mass is 224 g/mol. The number of hydrogen-bond donors (Lipinski definition) is 1. The van der Waals surface area contributed by atoms with Crippen molar-refractivity contribution in [3.05, 3.63) is 0 Å². The fraction of sp³-hybridized carbons (Fsp3) is 0.923. The lowest BCUT2D eigenvalue weighted by molar-refractivity contribution is -0.142. The van der Waals surface area contributed by atoms with Gasteiger partial charge in [0.2, 0.25) is 5.91 Å². The molecule has 1 amide bonds. The van der Waals surface area contributed by atoms with Crippen molar-refractivity contribution in [3.8, 4) is 0 Å². The topological polar surface area (TPSA) is 32.3 Å². The van der Waals surface area contributed by atoms with Crippen LogP contribution in [0.3, 0.4) is 0 Å². The zero-order valence-corrected chi connectivity index (χ0v) is 10.6. The first-order chi connectivity index (χ1) is 7.65. The predicted octanol–water partition coefficient (Wildman–Crippen LogP) is 1.63. The van der Waals surface area contributed by atoms with Gasteiger partial charge in [-0.15, -0.1) is 0 Å². The van der Waals surface area contributed by atoms with Crippen LogP contribution < -0.4 is 5.32 Å². The van der Waals surface area contributed by atoms with Crippen LogP contribution in [-0.2, 0) is 4.79 Å². The maximum atomic E-state index is 12.5. The van der Waals surface area contributed by atoms with E-state index in [9.17, 15) is 4.79 Å². The largest absolute Gasteiger partial charge is 0.342 e. The number of piperidine rings is 1. The number of carbonyl (C=O) groups is 1. The number of amides is 1. The molecule has 0 radical (unpaired) electrons. The van der Waals surface area contributed by atoms with Crippen LogP contribution in [0, 0.1) is 11.3 Å². The molecule has 3 nitrogen and oxygen atoms in total. The molecule has 1 heterocycles. The Morgan fingerprint density at radius 1 is 1.38 bits per heavy atom. The van der Waals surface area contributed by atoms with Crippen molar-refractivity contribution >= 4 is 5.91 Å². The van der Waals surface area contributed by atoms with E-state index in [1.165, 1.54) is 12.8 Å². The van der Waals surface area contributed by atoms with Gasteiger partial charge in [-0.3, -0.25) is 4.79 Å². The number of carbonyl (C=O) groups excluding carboxylic acids is 1. The lowest BCUT2D eigenvalue weighted by atomic mass is 9.79. The Kier molecular flexibility index (Phi) is 3.53. The fourth-order valence-corrected chi connectivity index (χ4v) is 2.54. The normalized spacial score (nSPS) is 24.1. The minimum absolute atomic E-state index is 0.101. The van der Waals surface area contributed by atoms with Gasteiger partial charge in [0.15, 0.2) is 0 Å². The highest BCUT2D eigenvalue weighted by atomic mass is 16.2. The molecular formula is C13H24N2O. The first kappa shape index (κ1) is 11.9. The van der Waals surface area contributed by atoms with Crippen LogP contribution in [0.2, 0.25) is 0 Å². The van der Waals surface area contributed by atoms with E-state index in [1.807, 2.05) is 0 Å². The molecule has 92 valence electrons. The maximum absolute atomic E-state index is 12.5. The molecule has 0 bridgehead atoms. The number of rotatable bonds is 4. The molecule has 0 spiro atoms. The average molecular weight is 224 g/mol. The summed E-state index contributed by atoms with van der Waals surface area (Å²) in [6.45, 7) is 8.10. The van der Waals surface area contributed by atoms with Crippen LogP contribution in [0.1, 0.15) is 39.5 Å². The molecule has 3 heteroatoms. The molecule has 1 aliphatic heterocycles. The molecule has 1 aliphatic carbocycles. The minimum Gasteiger partial charge on any atom is -0.342 e. The lowest BCUT2D eigenvalue weighted by Gasteiger charge is -2.37. The highest BCUT2D eigenvalue weighted by Crippen LogP contribution is 2.34. The summed E-state index contributed by atoms with van der Waals surface area (Å²) < 4.78 is 0. The molecule has 0 atom stereocenters. The van der Waals surface area contributed by atoms with Crippen molar-refractivity contribution in [2.75, 3.05) is 26.2 Å². The summed E-state index contributed by atoms with van der Waals surface area (Å²) in [5.74, 6) is 1.19. The Morgan fingerprint density at radius 3 is 2.50 bits per heavy atom. The second-order valence-corrected chi connectivity index (χ2v) is 5.60. The van der Waals surface area contributed by atoms with Gasteiger partial charge in [-0.25, -0.2) is 0 Å². The summed E-state index contributed by atoms with van der Waals surface area (Å²) in [5, 5.41) is 3.33. The predicted molar refractivity (Wildman–Crippen MR) is 65.2 cm³/mol. The second kappa shape index (κ2) is 4.74. The van der Waals surface area contributed by atoms with Gasteiger partial charge in [0, 0.05) is 18.5 Å². The van der Waals surface area contributed by atoms with Crippen LogP contribution in [0.5, 0.6) is 0 Å². The maximum Gasteiger partial charge on any atom is 0.228 e. The Hall–Kier alpha value is -0.570. The van der Waals surface area contributed by atoms with Gasteiger partial charge >= 0.3 is 0 Å². The zero-order chi connectivity index (χ0) is 11.6. The van der Waals surface area contributed by atoms with Gasteiger partial charge < -0.3 is 10.2 Å². The lowest BCUT2D eigenvalue weighted by Crippen LogP contribution is -2.48. The molecule has 1 saturated heterocycles. The summed E-state index contributed by atoms with van der Waals surface area (Å²) in [4.78, 5) is 14.6. The molecule has 16 heavy (non-hydrogen) atoms.